The van der Waals surface area contributed by atoms with Crippen molar-refractivity contribution in [2.24, 2.45) is 0 Å². The molecule has 0 aliphatic carbocycles. The van der Waals surface area contributed by atoms with Crippen LogP contribution in [0.4, 0.5) is 0 Å². The van der Waals surface area contributed by atoms with Crippen LogP contribution in [0.3, 0.4) is 0 Å². The quantitative estimate of drug-likeness (QED) is 0.394. The number of rotatable bonds is 0. The third kappa shape index (κ3) is 11.8. The summed E-state index contributed by atoms with van der Waals surface area (Å²) in [6.07, 6.45) is 0. The molecule has 0 aromatic rings. The van der Waals surface area contributed by atoms with Crippen molar-refractivity contribution in [3.63, 3.8) is 0 Å². The van der Waals surface area contributed by atoms with Gasteiger partial charge in [-0.3, -0.25) is 0 Å². The molecule has 0 rings (SSSR count). The van der Waals surface area contributed by atoms with E-state index in [9.17, 15) is 0 Å². The predicted molar refractivity (Wildman–Crippen MR) is 12.0 cm³/mol. The normalized spacial score (nSPS) is 1.50. The molecule has 32 valence electrons. The molecule has 0 saturated carbocycles. The molecular formula is H4FeNiOSi. The molecule has 0 bridgehead atoms. The maximum Gasteiger partial charge on any atom is -0.0149 e. The van der Waals surface area contributed by atoms with Crippen LogP contribution in [0, 0.1) is 0 Å². The van der Waals surface area contributed by atoms with Crippen LogP contribution in [0.25, 0.3) is 0 Å². The van der Waals surface area contributed by atoms with Crippen LogP contribution in [0.15, 0.2) is 0 Å². The molecule has 0 aliphatic rings. The minimum Gasteiger partial charge on any atom is -0.0149 e. The first-order valence-electron chi connectivity index (χ1n) is 0.129. The second-order valence-corrected chi connectivity index (χ2v) is 0. The SMILES string of the molecule is [Fe].[O]=[Ni].[SiH4]. The van der Waals surface area contributed by atoms with Gasteiger partial charge in [-0.05, 0) is 11.0 Å². The molecule has 0 radical (unpaired) electrons. The zero-order valence-electron chi connectivity index (χ0n) is 1.08. The van der Waals surface area contributed by atoms with E-state index >= 15 is 0 Å². The summed E-state index contributed by atoms with van der Waals surface area (Å²) in [5.41, 5.74) is 0. The van der Waals surface area contributed by atoms with Gasteiger partial charge < -0.3 is 0 Å². The van der Waals surface area contributed by atoms with Crippen LogP contribution in [-0.2, 0) is 36.4 Å². The average molecular weight is 163 g/mol. The average Bonchev–Trinajstić information content (AvgIpc) is 1.00. The van der Waals surface area contributed by atoms with E-state index < -0.39 is 0 Å². The van der Waals surface area contributed by atoms with E-state index in [0.29, 0.717) is 0 Å². The summed E-state index contributed by atoms with van der Waals surface area (Å²) < 4.78 is 7.88. The van der Waals surface area contributed by atoms with Gasteiger partial charge >= 0.3 is 19.3 Å². The zero-order chi connectivity index (χ0) is 2.00. The Hall–Kier alpha value is 1.03. The summed E-state index contributed by atoms with van der Waals surface area (Å²) in [6.45, 7) is 0. The summed E-state index contributed by atoms with van der Waals surface area (Å²) in [5, 5.41) is 0. The predicted octanol–water partition coefficient (Wildman–Crippen LogP) is -1.58. The standard InChI is InChI=1S/Fe.Ni.O.H4Si/h;;;1H4. The zero-order valence-corrected chi connectivity index (χ0v) is 3.17. The molecule has 0 spiro atoms. The van der Waals surface area contributed by atoms with E-state index in [2.05, 4.69) is 15.4 Å². The largest absolute Gasteiger partial charge is 0.0149 e. The molecule has 4 heteroatoms. The van der Waals surface area contributed by atoms with Gasteiger partial charge in [0, 0.05) is 17.1 Å². The number of hydrogen-bond donors (Lipinski definition) is 0. The van der Waals surface area contributed by atoms with E-state index in [4.69, 9.17) is 3.90 Å². The van der Waals surface area contributed by atoms with Gasteiger partial charge in [-0.25, -0.2) is 0 Å². The van der Waals surface area contributed by atoms with E-state index in [1.54, 1.807) is 0 Å². The van der Waals surface area contributed by atoms with Crippen LogP contribution in [-0.4, -0.2) is 11.0 Å². The van der Waals surface area contributed by atoms with Crippen molar-refractivity contribution in [2.75, 3.05) is 0 Å². The Labute approximate surface area is 47.6 Å². The second-order valence-electron chi connectivity index (χ2n) is 0. The first-order chi connectivity index (χ1) is 1.00. The molecule has 0 aromatic carbocycles. The summed E-state index contributed by atoms with van der Waals surface area (Å²) >= 11 is 2.62. The molecule has 4 heavy (non-hydrogen) atoms. The van der Waals surface area contributed by atoms with E-state index in [1.807, 2.05) is 0 Å². The first kappa shape index (κ1) is 19.8. The van der Waals surface area contributed by atoms with Crippen LogP contribution in [0.2, 0.25) is 0 Å². The van der Waals surface area contributed by atoms with E-state index in [1.165, 1.54) is 0 Å². The molecular weight excluding hydrogens is 159 g/mol. The fraction of sp³-hybridized carbons (Fsp3) is 0. The first-order valence-corrected chi connectivity index (χ1v) is 0.532. The van der Waals surface area contributed by atoms with Gasteiger partial charge in [0.2, 0.25) is 0 Å². The van der Waals surface area contributed by atoms with Gasteiger partial charge in [0.05, 0.1) is 0 Å². The van der Waals surface area contributed by atoms with Crippen LogP contribution >= 0.6 is 0 Å². The Balaban J connectivity index is -0.00000000500. The second kappa shape index (κ2) is 34.9. The number of hydrogen-bond acceptors (Lipinski definition) is 1. The minimum absolute atomic E-state index is 0. The van der Waals surface area contributed by atoms with Crippen molar-refractivity contribution in [2.45, 2.75) is 0 Å². The molecule has 0 aromatic heterocycles. The third-order valence-electron chi connectivity index (χ3n) is 0. The van der Waals surface area contributed by atoms with Crippen molar-refractivity contribution in [1.82, 2.24) is 0 Å². The van der Waals surface area contributed by atoms with Crippen molar-refractivity contribution >= 4 is 11.0 Å². The minimum atomic E-state index is 0. The molecule has 0 atom stereocenters. The van der Waals surface area contributed by atoms with Crippen LogP contribution < -0.4 is 0 Å². The smallest absolute Gasteiger partial charge is 0.0149 e. The molecule has 0 heterocycles. The van der Waals surface area contributed by atoms with Gasteiger partial charge in [-0.2, -0.15) is 0 Å². The van der Waals surface area contributed by atoms with Crippen molar-refractivity contribution in [3.05, 3.63) is 0 Å². The monoisotopic (exact) mass is 162 g/mol. The Morgan fingerprint density at radius 1 is 1.25 bits per heavy atom. The van der Waals surface area contributed by atoms with Crippen LogP contribution in [0.1, 0.15) is 0 Å². The summed E-state index contributed by atoms with van der Waals surface area (Å²) in [6, 6.07) is 0. The van der Waals surface area contributed by atoms with E-state index in [-0.39, 0.29) is 28.0 Å². The fourth-order valence-electron chi connectivity index (χ4n) is 0. The molecule has 0 N–H and O–H groups in total. The summed E-state index contributed by atoms with van der Waals surface area (Å²) in [5.74, 6) is 0. The summed E-state index contributed by atoms with van der Waals surface area (Å²) in [4.78, 5) is 0. The molecule has 0 saturated heterocycles. The van der Waals surface area contributed by atoms with Crippen molar-refractivity contribution in [3.8, 4) is 0 Å². The van der Waals surface area contributed by atoms with Gasteiger partial charge in [0.25, 0.3) is 0 Å². The fourth-order valence-corrected chi connectivity index (χ4v) is 0. The van der Waals surface area contributed by atoms with Crippen molar-refractivity contribution < 1.29 is 36.4 Å². The third-order valence-corrected chi connectivity index (χ3v) is 0. The van der Waals surface area contributed by atoms with Gasteiger partial charge in [0.15, 0.2) is 0 Å². The summed E-state index contributed by atoms with van der Waals surface area (Å²) in [7, 11) is 0. The Morgan fingerprint density at radius 2 is 1.25 bits per heavy atom. The Kier molecular flexibility index (Phi) is 173. The Bertz CT molecular complexity index is 8.00. The topological polar surface area (TPSA) is 17.1 Å². The van der Waals surface area contributed by atoms with Crippen LogP contribution in [0.5, 0.6) is 0 Å². The Morgan fingerprint density at radius 3 is 1.25 bits per heavy atom. The molecule has 0 aliphatic heterocycles. The molecule has 0 unspecified atom stereocenters. The van der Waals surface area contributed by atoms with Gasteiger partial charge in [-0.15, -0.1) is 0 Å². The van der Waals surface area contributed by atoms with E-state index in [0.717, 1.165) is 0 Å². The maximum absolute atomic E-state index is 7.88. The van der Waals surface area contributed by atoms with Crippen molar-refractivity contribution in [1.29, 1.82) is 0 Å². The molecule has 0 fully saturated rings. The maximum atomic E-state index is 7.88. The molecule has 1 nitrogen and oxygen atoms in total. The van der Waals surface area contributed by atoms with Gasteiger partial charge in [-0.1, -0.05) is 0 Å². The molecule has 0 amide bonds. The van der Waals surface area contributed by atoms with Gasteiger partial charge in [0.1, 0.15) is 0 Å².